The highest BCUT2D eigenvalue weighted by molar-refractivity contribution is 6.00. The summed E-state index contributed by atoms with van der Waals surface area (Å²) in [7, 11) is 0. The molecular weight excluding hydrogens is 361 g/mol. The first kappa shape index (κ1) is 18.4. The molecule has 1 aromatic carbocycles. The summed E-state index contributed by atoms with van der Waals surface area (Å²) < 4.78 is 19.0. The van der Waals surface area contributed by atoms with Crippen LogP contribution in [0.2, 0.25) is 0 Å². The van der Waals surface area contributed by atoms with Crippen molar-refractivity contribution in [2.24, 2.45) is 5.92 Å². The van der Waals surface area contributed by atoms with Gasteiger partial charge in [0, 0.05) is 50.8 Å². The SMILES string of the molecule is O=C(C1CC(=O)N(c2ccc(F)cc2)C1)N1CCC(Oc2cccnc2)CC1. The second-order valence-corrected chi connectivity index (χ2v) is 7.21. The Hall–Kier alpha value is -2.96. The average Bonchev–Trinajstić information content (AvgIpc) is 3.11. The molecular formula is C21H22FN3O3. The Labute approximate surface area is 162 Å². The molecule has 4 rings (SSSR count). The van der Waals surface area contributed by atoms with E-state index >= 15 is 0 Å². The Bertz CT molecular complexity index is 836. The van der Waals surface area contributed by atoms with Crippen LogP contribution in [0.4, 0.5) is 10.1 Å². The Morgan fingerprint density at radius 2 is 1.89 bits per heavy atom. The fraction of sp³-hybridized carbons (Fsp3) is 0.381. The van der Waals surface area contributed by atoms with Crippen LogP contribution in [0.15, 0.2) is 48.8 Å². The molecule has 0 radical (unpaired) electrons. The van der Waals surface area contributed by atoms with Gasteiger partial charge in [-0.3, -0.25) is 14.6 Å². The number of hydrogen-bond donors (Lipinski definition) is 0. The van der Waals surface area contributed by atoms with Crippen LogP contribution in [-0.2, 0) is 9.59 Å². The maximum atomic E-state index is 13.1. The quantitative estimate of drug-likeness (QED) is 0.814. The summed E-state index contributed by atoms with van der Waals surface area (Å²) in [5, 5.41) is 0. The minimum atomic E-state index is -0.353. The van der Waals surface area contributed by atoms with E-state index in [-0.39, 0.29) is 36.1 Å². The zero-order chi connectivity index (χ0) is 19.5. The van der Waals surface area contributed by atoms with Crippen LogP contribution >= 0.6 is 0 Å². The lowest BCUT2D eigenvalue weighted by molar-refractivity contribution is -0.137. The molecule has 1 unspecified atom stereocenters. The second-order valence-electron chi connectivity index (χ2n) is 7.21. The largest absolute Gasteiger partial charge is 0.489 e. The van der Waals surface area contributed by atoms with Gasteiger partial charge in [-0.2, -0.15) is 0 Å². The maximum absolute atomic E-state index is 13.1. The van der Waals surface area contributed by atoms with Crippen molar-refractivity contribution in [1.82, 2.24) is 9.88 Å². The third-order valence-corrected chi connectivity index (χ3v) is 5.30. The predicted molar refractivity (Wildman–Crippen MR) is 101 cm³/mol. The summed E-state index contributed by atoms with van der Waals surface area (Å²) in [6.07, 6.45) is 5.15. The van der Waals surface area contributed by atoms with Gasteiger partial charge in [-0.1, -0.05) is 0 Å². The van der Waals surface area contributed by atoms with E-state index < -0.39 is 0 Å². The van der Waals surface area contributed by atoms with Crippen molar-refractivity contribution in [3.05, 3.63) is 54.6 Å². The van der Waals surface area contributed by atoms with Crippen LogP contribution in [0.3, 0.4) is 0 Å². The highest BCUT2D eigenvalue weighted by Gasteiger charge is 2.38. The van der Waals surface area contributed by atoms with E-state index in [1.54, 1.807) is 29.4 Å². The van der Waals surface area contributed by atoms with Crippen LogP contribution in [0.25, 0.3) is 0 Å². The van der Waals surface area contributed by atoms with Crippen molar-refractivity contribution in [3.63, 3.8) is 0 Å². The third-order valence-electron chi connectivity index (χ3n) is 5.30. The molecule has 0 N–H and O–H groups in total. The monoisotopic (exact) mass is 383 g/mol. The van der Waals surface area contributed by atoms with Gasteiger partial charge >= 0.3 is 0 Å². The van der Waals surface area contributed by atoms with E-state index in [1.165, 1.54) is 12.1 Å². The summed E-state index contributed by atoms with van der Waals surface area (Å²) in [5.41, 5.74) is 0.630. The predicted octanol–water partition coefficient (Wildman–Crippen LogP) is 2.64. The lowest BCUT2D eigenvalue weighted by Gasteiger charge is -2.33. The number of hydrogen-bond acceptors (Lipinski definition) is 4. The Morgan fingerprint density at radius 3 is 2.57 bits per heavy atom. The molecule has 146 valence electrons. The van der Waals surface area contributed by atoms with Crippen LogP contribution in [0, 0.1) is 11.7 Å². The number of aromatic nitrogens is 1. The number of carbonyl (C=O) groups excluding carboxylic acids is 2. The van der Waals surface area contributed by atoms with Crippen molar-refractivity contribution in [3.8, 4) is 5.75 Å². The molecule has 2 aromatic rings. The molecule has 7 heteroatoms. The normalized spacial score (nSPS) is 20.5. The van der Waals surface area contributed by atoms with Crippen molar-refractivity contribution < 1.29 is 18.7 Å². The number of piperidine rings is 1. The minimum Gasteiger partial charge on any atom is -0.489 e. The van der Waals surface area contributed by atoms with Gasteiger partial charge in [0.05, 0.1) is 12.1 Å². The van der Waals surface area contributed by atoms with E-state index in [2.05, 4.69) is 4.98 Å². The molecule has 2 saturated heterocycles. The van der Waals surface area contributed by atoms with Gasteiger partial charge in [-0.05, 0) is 36.4 Å². The van der Waals surface area contributed by atoms with E-state index in [0.717, 1.165) is 18.6 Å². The van der Waals surface area contributed by atoms with E-state index in [0.29, 0.717) is 25.3 Å². The fourth-order valence-corrected chi connectivity index (χ4v) is 3.81. The first-order chi connectivity index (χ1) is 13.6. The van der Waals surface area contributed by atoms with E-state index in [9.17, 15) is 14.0 Å². The van der Waals surface area contributed by atoms with Gasteiger partial charge in [0.25, 0.3) is 0 Å². The lowest BCUT2D eigenvalue weighted by Crippen LogP contribution is -2.44. The topological polar surface area (TPSA) is 62.7 Å². The summed E-state index contributed by atoms with van der Waals surface area (Å²) in [6, 6.07) is 9.50. The van der Waals surface area contributed by atoms with Crippen molar-refractivity contribution in [2.75, 3.05) is 24.5 Å². The molecule has 2 amide bonds. The Balaban J connectivity index is 1.32. The fourth-order valence-electron chi connectivity index (χ4n) is 3.81. The van der Waals surface area contributed by atoms with Gasteiger partial charge in [0.1, 0.15) is 17.7 Å². The number of nitrogens with zero attached hydrogens (tertiary/aromatic N) is 3. The first-order valence-corrected chi connectivity index (χ1v) is 9.51. The minimum absolute atomic E-state index is 0.0118. The van der Waals surface area contributed by atoms with Crippen LogP contribution in [-0.4, -0.2) is 47.4 Å². The Kier molecular flexibility index (Phi) is 5.23. The molecule has 2 fully saturated rings. The van der Waals surface area contributed by atoms with E-state index in [4.69, 9.17) is 4.74 Å². The lowest BCUT2D eigenvalue weighted by atomic mass is 10.0. The number of anilines is 1. The molecule has 6 nitrogen and oxygen atoms in total. The molecule has 1 aromatic heterocycles. The van der Waals surface area contributed by atoms with Crippen molar-refractivity contribution >= 4 is 17.5 Å². The Morgan fingerprint density at radius 1 is 1.14 bits per heavy atom. The molecule has 0 aliphatic carbocycles. The van der Waals surface area contributed by atoms with Crippen molar-refractivity contribution in [2.45, 2.75) is 25.4 Å². The summed E-state index contributed by atoms with van der Waals surface area (Å²) >= 11 is 0. The number of halogens is 1. The summed E-state index contributed by atoms with van der Waals surface area (Å²) in [4.78, 5) is 32.7. The zero-order valence-electron chi connectivity index (χ0n) is 15.5. The molecule has 28 heavy (non-hydrogen) atoms. The summed E-state index contributed by atoms with van der Waals surface area (Å²) in [6.45, 7) is 1.57. The van der Waals surface area contributed by atoms with Crippen LogP contribution in [0.5, 0.6) is 5.75 Å². The molecule has 1 atom stereocenters. The number of pyridine rings is 1. The number of rotatable bonds is 4. The highest BCUT2D eigenvalue weighted by Crippen LogP contribution is 2.28. The van der Waals surface area contributed by atoms with Gasteiger partial charge in [0.15, 0.2) is 0 Å². The zero-order valence-corrected chi connectivity index (χ0v) is 15.5. The number of likely N-dealkylation sites (tertiary alicyclic amines) is 1. The van der Waals surface area contributed by atoms with Gasteiger partial charge in [-0.15, -0.1) is 0 Å². The van der Waals surface area contributed by atoms with Crippen LogP contribution < -0.4 is 9.64 Å². The smallest absolute Gasteiger partial charge is 0.228 e. The molecule has 0 bridgehead atoms. The molecule has 0 spiro atoms. The number of carbonyl (C=O) groups is 2. The average molecular weight is 383 g/mol. The van der Waals surface area contributed by atoms with E-state index in [1.807, 2.05) is 17.0 Å². The summed E-state index contributed by atoms with van der Waals surface area (Å²) in [5.74, 6) is -0.0473. The second kappa shape index (κ2) is 7.96. The first-order valence-electron chi connectivity index (χ1n) is 9.51. The molecule has 2 aliphatic heterocycles. The molecule has 0 saturated carbocycles. The number of amides is 2. The standard InChI is InChI=1S/C21H22FN3O3/c22-16-3-5-17(6-4-16)25-14-15(12-20(25)26)21(27)24-10-7-18(8-11-24)28-19-2-1-9-23-13-19/h1-6,9,13,15,18H,7-8,10-12,14H2. The number of ether oxygens (including phenoxy) is 1. The van der Waals surface area contributed by atoms with Gasteiger partial charge < -0.3 is 14.5 Å². The molecule has 2 aliphatic rings. The third kappa shape index (κ3) is 3.98. The van der Waals surface area contributed by atoms with Gasteiger partial charge in [-0.25, -0.2) is 4.39 Å². The van der Waals surface area contributed by atoms with Gasteiger partial charge in [0.2, 0.25) is 11.8 Å². The van der Waals surface area contributed by atoms with Crippen molar-refractivity contribution in [1.29, 1.82) is 0 Å². The number of benzene rings is 1. The van der Waals surface area contributed by atoms with Crippen LogP contribution in [0.1, 0.15) is 19.3 Å². The maximum Gasteiger partial charge on any atom is 0.228 e. The molecule has 3 heterocycles. The highest BCUT2D eigenvalue weighted by atomic mass is 19.1.